The Morgan fingerprint density at radius 1 is 1.25 bits per heavy atom. The zero-order valence-electron chi connectivity index (χ0n) is 14.2. The first kappa shape index (κ1) is 16.7. The number of nitrogens with zero attached hydrogens (tertiary/aromatic N) is 3. The minimum atomic E-state index is 0.0313. The van der Waals surface area contributed by atoms with E-state index >= 15 is 0 Å². The Bertz CT molecular complexity index is 661. The van der Waals surface area contributed by atoms with Gasteiger partial charge in [-0.2, -0.15) is 5.10 Å². The fourth-order valence-corrected chi connectivity index (χ4v) is 3.05. The summed E-state index contributed by atoms with van der Waals surface area (Å²) in [5, 5.41) is 7.30. The van der Waals surface area contributed by atoms with Gasteiger partial charge in [-0.05, 0) is 26.0 Å². The van der Waals surface area contributed by atoms with E-state index in [0.717, 1.165) is 24.3 Å². The maximum atomic E-state index is 12.2. The van der Waals surface area contributed by atoms with Gasteiger partial charge < -0.3 is 10.1 Å². The van der Waals surface area contributed by atoms with Crippen molar-refractivity contribution in [3.8, 4) is 5.69 Å². The number of carbonyl (C=O) groups excluding carboxylic acids is 1. The lowest BCUT2D eigenvalue weighted by atomic mass is 10.2. The zero-order valence-corrected chi connectivity index (χ0v) is 14.2. The molecule has 2 aromatic rings. The molecule has 2 atom stereocenters. The predicted octanol–water partition coefficient (Wildman–Crippen LogP) is 1.60. The van der Waals surface area contributed by atoms with Gasteiger partial charge in [-0.25, -0.2) is 4.68 Å². The fraction of sp³-hybridized carbons (Fsp3) is 0.444. The van der Waals surface area contributed by atoms with Gasteiger partial charge in [0.15, 0.2) is 0 Å². The molecule has 0 aliphatic carbocycles. The molecular weight excluding hydrogens is 304 g/mol. The van der Waals surface area contributed by atoms with Crippen molar-refractivity contribution in [3.63, 3.8) is 0 Å². The highest BCUT2D eigenvalue weighted by molar-refractivity contribution is 5.78. The van der Waals surface area contributed by atoms with Crippen molar-refractivity contribution >= 4 is 5.91 Å². The number of rotatable bonds is 5. The minimum Gasteiger partial charge on any atom is -0.373 e. The van der Waals surface area contributed by atoms with Gasteiger partial charge in [-0.15, -0.1) is 0 Å². The quantitative estimate of drug-likeness (QED) is 0.906. The molecule has 1 aromatic carbocycles. The Labute approximate surface area is 142 Å². The SMILES string of the molecule is CC1CN(CC(=O)NCc2cnn(-c3ccccc3)c2)CC(C)O1. The summed E-state index contributed by atoms with van der Waals surface area (Å²) in [6.45, 7) is 6.57. The van der Waals surface area contributed by atoms with Crippen LogP contribution < -0.4 is 5.32 Å². The first-order valence-corrected chi connectivity index (χ1v) is 8.33. The van der Waals surface area contributed by atoms with Crippen LogP contribution in [-0.4, -0.2) is 52.4 Å². The molecule has 1 N–H and O–H groups in total. The summed E-state index contributed by atoms with van der Waals surface area (Å²) >= 11 is 0. The molecule has 0 saturated carbocycles. The van der Waals surface area contributed by atoms with Crippen LogP contribution >= 0.6 is 0 Å². The number of para-hydroxylation sites is 1. The molecule has 0 spiro atoms. The van der Waals surface area contributed by atoms with E-state index in [9.17, 15) is 4.79 Å². The lowest BCUT2D eigenvalue weighted by Crippen LogP contribution is -2.49. The molecule has 1 saturated heterocycles. The first-order chi connectivity index (χ1) is 11.6. The molecule has 6 nitrogen and oxygen atoms in total. The number of morpholine rings is 1. The summed E-state index contributed by atoms with van der Waals surface area (Å²) in [6.07, 6.45) is 4.07. The third-order valence-electron chi connectivity index (χ3n) is 4.01. The Balaban J connectivity index is 1.49. The predicted molar refractivity (Wildman–Crippen MR) is 91.9 cm³/mol. The van der Waals surface area contributed by atoms with Crippen LogP contribution in [0.1, 0.15) is 19.4 Å². The summed E-state index contributed by atoms with van der Waals surface area (Å²) in [6, 6.07) is 9.92. The van der Waals surface area contributed by atoms with Crippen LogP contribution in [0.2, 0.25) is 0 Å². The topological polar surface area (TPSA) is 59.4 Å². The van der Waals surface area contributed by atoms with Crippen molar-refractivity contribution in [2.45, 2.75) is 32.6 Å². The van der Waals surface area contributed by atoms with Crippen LogP contribution in [0.15, 0.2) is 42.7 Å². The van der Waals surface area contributed by atoms with E-state index in [0.29, 0.717) is 13.1 Å². The molecule has 1 aromatic heterocycles. The summed E-state index contributed by atoms with van der Waals surface area (Å²) < 4.78 is 7.50. The third kappa shape index (κ3) is 4.43. The second kappa shape index (κ2) is 7.59. The Hall–Kier alpha value is -2.18. The van der Waals surface area contributed by atoms with Crippen LogP contribution in [0, 0.1) is 0 Å². The van der Waals surface area contributed by atoms with Crippen LogP contribution in [-0.2, 0) is 16.1 Å². The van der Waals surface area contributed by atoms with Crippen LogP contribution in [0.25, 0.3) is 5.69 Å². The molecule has 1 fully saturated rings. The molecule has 0 radical (unpaired) electrons. The number of nitrogens with one attached hydrogen (secondary N) is 1. The van der Waals surface area contributed by atoms with Crippen LogP contribution in [0.5, 0.6) is 0 Å². The number of aromatic nitrogens is 2. The van der Waals surface area contributed by atoms with E-state index < -0.39 is 0 Å². The highest BCUT2D eigenvalue weighted by Crippen LogP contribution is 2.10. The van der Waals surface area contributed by atoms with E-state index in [1.54, 1.807) is 6.20 Å². The fourth-order valence-electron chi connectivity index (χ4n) is 3.05. The van der Waals surface area contributed by atoms with E-state index in [1.165, 1.54) is 0 Å². The van der Waals surface area contributed by atoms with Gasteiger partial charge in [-0.1, -0.05) is 18.2 Å². The third-order valence-corrected chi connectivity index (χ3v) is 4.01. The summed E-state index contributed by atoms with van der Waals surface area (Å²) in [7, 11) is 0. The molecule has 2 heterocycles. The number of amides is 1. The lowest BCUT2D eigenvalue weighted by molar-refractivity contribution is -0.126. The van der Waals surface area contributed by atoms with Crippen LogP contribution in [0.4, 0.5) is 0 Å². The smallest absolute Gasteiger partial charge is 0.234 e. The normalized spacial score (nSPS) is 21.6. The van der Waals surface area contributed by atoms with Gasteiger partial charge in [0.05, 0.1) is 30.6 Å². The van der Waals surface area contributed by atoms with Gasteiger partial charge in [0.1, 0.15) is 0 Å². The van der Waals surface area contributed by atoms with E-state index in [-0.39, 0.29) is 18.1 Å². The largest absolute Gasteiger partial charge is 0.373 e. The van der Waals surface area contributed by atoms with Crippen molar-refractivity contribution in [1.29, 1.82) is 0 Å². The molecule has 1 aliphatic rings. The summed E-state index contributed by atoms with van der Waals surface area (Å²) in [5.41, 5.74) is 1.99. The molecule has 128 valence electrons. The zero-order chi connectivity index (χ0) is 16.9. The summed E-state index contributed by atoms with van der Waals surface area (Å²) in [5.74, 6) is 0.0313. The highest BCUT2D eigenvalue weighted by atomic mass is 16.5. The van der Waals surface area contributed by atoms with E-state index in [1.807, 2.05) is 55.1 Å². The molecular formula is C18H24N4O2. The number of carbonyl (C=O) groups is 1. The van der Waals surface area contributed by atoms with Crippen molar-refractivity contribution in [2.24, 2.45) is 0 Å². The average Bonchev–Trinajstić information content (AvgIpc) is 3.02. The number of hydrogen-bond acceptors (Lipinski definition) is 4. The standard InChI is InChI=1S/C18H24N4O2/c1-14-10-21(11-15(2)24-14)13-18(23)19-8-16-9-20-22(12-16)17-6-4-3-5-7-17/h3-7,9,12,14-15H,8,10-11,13H2,1-2H3,(H,19,23). The van der Waals surface area contributed by atoms with Gasteiger partial charge >= 0.3 is 0 Å². The monoisotopic (exact) mass is 328 g/mol. The van der Waals surface area contributed by atoms with Crippen molar-refractivity contribution in [1.82, 2.24) is 20.0 Å². The van der Waals surface area contributed by atoms with Gasteiger partial charge in [0, 0.05) is 31.4 Å². The molecule has 2 unspecified atom stereocenters. The molecule has 0 bridgehead atoms. The van der Waals surface area contributed by atoms with Gasteiger partial charge in [0.2, 0.25) is 5.91 Å². The number of benzene rings is 1. The summed E-state index contributed by atoms with van der Waals surface area (Å²) in [4.78, 5) is 14.3. The first-order valence-electron chi connectivity index (χ1n) is 8.33. The molecule has 1 amide bonds. The van der Waals surface area contributed by atoms with Gasteiger partial charge in [0.25, 0.3) is 0 Å². The maximum absolute atomic E-state index is 12.2. The second-order valence-electron chi connectivity index (χ2n) is 6.36. The Morgan fingerprint density at radius 2 is 1.96 bits per heavy atom. The molecule has 24 heavy (non-hydrogen) atoms. The number of hydrogen-bond donors (Lipinski definition) is 1. The maximum Gasteiger partial charge on any atom is 0.234 e. The van der Waals surface area contributed by atoms with Gasteiger partial charge in [-0.3, -0.25) is 9.69 Å². The molecule has 6 heteroatoms. The lowest BCUT2D eigenvalue weighted by Gasteiger charge is -2.34. The van der Waals surface area contributed by atoms with E-state index in [4.69, 9.17) is 4.74 Å². The van der Waals surface area contributed by atoms with Crippen molar-refractivity contribution in [2.75, 3.05) is 19.6 Å². The molecule has 3 rings (SSSR count). The Morgan fingerprint density at radius 3 is 2.67 bits per heavy atom. The Kier molecular flexibility index (Phi) is 5.27. The van der Waals surface area contributed by atoms with Crippen LogP contribution in [0.3, 0.4) is 0 Å². The van der Waals surface area contributed by atoms with Crippen molar-refractivity contribution in [3.05, 3.63) is 48.3 Å². The average molecular weight is 328 g/mol. The van der Waals surface area contributed by atoms with E-state index in [2.05, 4.69) is 15.3 Å². The number of ether oxygens (including phenoxy) is 1. The molecule has 1 aliphatic heterocycles. The van der Waals surface area contributed by atoms with Crippen molar-refractivity contribution < 1.29 is 9.53 Å². The minimum absolute atomic E-state index is 0.0313. The highest BCUT2D eigenvalue weighted by Gasteiger charge is 2.23. The second-order valence-corrected chi connectivity index (χ2v) is 6.36.